The standard InChI is InChI=1S/C15H12BrNO2/c1-11-9-12(7-8-14(11)16)10-15(17(18)19)13-5-3-2-4-6-13/h2-10H,1H3. The normalized spacial score (nSPS) is 11.4. The third-order valence-corrected chi connectivity index (χ3v) is 3.64. The lowest BCUT2D eigenvalue weighted by atomic mass is 10.1. The molecule has 0 amide bonds. The highest BCUT2D eigenvalue weighted by Crippen LogP contribution is 2.22. The number of hydrogen-bond donors (Lipinski definition) is 0. The summed E-state index contributed by atoms with van der Waals surface area (Å²) in [4.78, 5) is 10.8. The summed E-state index contributed by atoms with van der Waals surface area (Å²) >= 11 is 3.41. The van der Waals surface area contributed by atoms with E-state index >= 15 is 0 Å². The number of halogens is 1. The van der Waals surface area contributed by atoms with Crippen LogP contribution in [-0.2, 0) is 0 Å². The van der Waals surface area contributed by atoms with Gasteiger partial charge in [-0.15, -0.1) is 0 Å². The summed E-state index contributed by atoms with van der Waals surface area (Å²) < 4.78 is 0.993. The minimum Gasteiger partial charge on any atom is -0.258 e. The van der Waals surface area contributed by atoms with E-state index in [1.807, 2.05) is 31.2 Å². The van der Waals surface area contributed by atoms with Gasteiger partial charge in [-0.25, -0.2) is 0 Å². The van der Waals surface area contributed by atoms with E-state index in [2.05, 4.69) is 15.9 Å². The third-order valence-electron chi connectivity index (χ3n) is 2.75. The smallest absolute Gasteiger partial charge is 0.258 e. The second-order valence-corrected chi connectivity index (χ2v) is 5.02. The monoisotopic (exact) mass is 317 g/mol. The SMILES string of the molecule is Cc1cc(C=C(c2ccccc2)[N+](=O)[O-])ccc1Br. The Morgan fingerprint density at radius 1 is 1.21 bits per heavy atom. The van der Waals surface area contributed by atoms with Crippen LogP contribution in [0.25, 0.3) is 11.8 Å². The van der Waals surface area contributed by atoms with Crippen molar-refractivity contribution in [1.29, 1.82) is 0 Å². The van der Waals surface area contributed by atoms with Gasteiger partial charge >= 0.3 is 0 Å². The summed E-state index contributed by atoms with van der Waals surface area (Å²) in [5.41, 5.74) is 2.57. The van der Waals surface area contributed by atoms with Gasteiger partial charge in [-0.05, 0) is 36.2 Å². The maximum atomic E-state index is 11.2. The summed E-state index contributed by atoms with van der Waals surface area (Å²) in [5, 5.41) is 11.2. The van der Waals surface area contributed by atoms with Gasteiger partial charge in [0.2, 0.25) is 0 Å². The summed E-state index contributed by atoms with van der Waals surface area (Å²) in [6.07, 6.45) is 1.59. The molecule has 0 aliphatic carbocycles. The molecule has 3 nitrogen and oxygen atoms in total. The van der Waals surface area contributed by atoms with Gasteiger partial charge in [0.1, 0.15) is 0 Å². The number of rotatable bonds is 3. The van der Waals surface area contributed by atoms with E-state index in [0.717, 1.165) is 15.6 Å². The van der Waals surface area contributed by atoms with Gasteiger partial charge in [0.05, 0.1) is 10.5 Å². The second kappa shape index (κ2) is 5.80. The van der Waals surface area contributed by atoms with Crippen molar-refractivity contribution in [2.45, 2.75) is 6.92 Å². The van der Waals surface area contributed by atoms with E-state index in [4.69, 9.17) is 0 Å². The van der Waals surface area contributed by atoms with Crippen LogP contribution in [0.4, 0.5) is 0 Å². The van der Waals surface area contributed by atoms with Crippen LogP contribution in [0.5, 0.6) is 0 Å². The van der Waals surface area contributed by atoms with E-state index in [9.17, 15) is 10.1 Å². The van der Waals surface area contributed by atoms with Gasteiger partial charge in [0.15, 0.2) is 0 Å². The Hall–Kier alpha value is -1.94. The molecule has 0 unspecified atom stereocenters. The Bertz CT molecular complexity index is 636. The molecule has 19 heavy (non-hydrogen) atoms. The number of nitro groups is 1. The largest absolute Gasteiger partial charge is 0.277 e. The van der Waals surface area contributed by atoms with Gasteiger partial charge < -0.3 is 0 Å². The van der Waals surface area contributed by atoms with Gasteiger partial charge in [-0.2, -0.15) is 0 Å². The summed E-state index contributed by atoms with van der Waals surface area (Å²) in [6.45, 7) is 1.95. The van der Waals surface area contributed by atoms with Crippen molar-refractivity contribution in [3.63, 3.8) is 0 Å². The van der Waals surface area contributed by atoms with Crippen LogP contribution in [0, 0.1) is 17.0 Å². The van der Waals surface area contributed by atoms with Crippen LogP contribution < -0.4 is 0 Å². The molecule has 96 valence electrons. The zero-order valence-corrected chi connectivity index (χ0v) is 11.9. The lowest BCUT2D eigenvalue weighted by Crippen LogP contribution is -1.97. The highest BCUT2D eigenvalue weighted by molar-refractivity contribution is 9.10. The average molecular weight is 318 g/mol. The van der Waals surface area contributed by atoms with Crippen molar-refractivity contribution in [3.8, 4) is 0 Å². The van der Waals surface area contributed by atoms with Crippen LogP contribution in [0.2, 0.25) is 0 Å². The van der Waals surface area contributed by atoms with E-state index in [-0.39, 0.29) is 10.6 Å². The van der Waals surface area contributed by atoms with Crippen molar-refractivity contribution in [2.75, 3.05) is 0 Å². The van der Waals surface area contributed by atoms with Crippen LogP contribution in [0.15, 0.2) is 53.0 Å². The highest BCUT2D eigenvalue weighted by Gasteiger charge is 2.13. The average Bonchev–Trinajstić information content (AvgIpc) is 2.40. The fourth-order valence-electron chi connectivity index (χ4n) is 1.77. The minimum absolute atomic E-state index is 0.0994. The van der Waals surface area contributed by atoms with E-state index in [0.29, 0.717) is 5.56 Å². The molecule has 0 spiro atoms. The van der Waals surface area contributed by atoms with Gasteiger partial charge in [0.25, 0.3) is 5.70 Å². The van der Waals surface area contributed by atoms with Crippen LogP contribution >= 0.6 is 15.9 Å². The molecule has 2 aromatic rings. The molecule has 0 aromatic heterocycles. The number of aryl methyl sites for hydroxylation is 1. The first-order chi connectivity index (χ1) is 9.08. The van der Waals surface area contributed by atoms with Crippen LogP contribution in [0.3, 0.4) is 0 Å². The van der Waals surface area contributed by atoms with Crippen molar-refractivity contribution < 1.29 is 4.92 Å². The Kier molecular flexibility index (Phi) is 4.12. The van der Waals surface area contributed by atoms with Crippen molar-refractivity contribution in [3.05, 3.63) is 79.8 Å². The molecule has 0 atom stereocenters. The summed E-state index contributed by atoms with van der Waals surface area (Å²) in [6, 6.07) is 14.5. The topological polar surface area (TPSA) is 43.1 Å². The maximum Gasteiger partial charge on any atom is 0.277 e. The first kappa shape index (κ1) is 13.5. The quantitative estimate of drug-likeness (QED) is 0.474. The Labute approximate surface area is 119 Å². The lowest BCUT2D eigenvalue weighted by molar-refractivity contribution is -0.374. The summed E-state index contributed by atoms with van der Waals surface area (Å²) in [7, 11) is 0. The van der Waals surface area contributed by atoms with Crippen LogP contribution in [-0.4, -0.2) is 4.92 Å². The molecule has 0 heterocycles. The predicted molar refractivity (Wildman–Crippen MR) is 80.2 cm³/mol. The molecule has 0 bridgehead atoms. The summed E-state index contributed by atoms with van der Waals surface area (Å²) in [5.74, 6) is 0. The molecular weight excluding hydrogens is 306 g/mol. The Morgan fingerprint density at radius 3 is 2.47 bits per heavy atom. The minimum atomic E-state index is -0.354. The fraction of sp³-hybridized carbons (Fsp3) is 0.0667. The van der Waals surface area contributed by atoms with Crippen molar-refractivity contribution in [2.24, 2.45) is 0 Å². The molecule has 0 radical (unpaired) electrons. The zero-order chi connectivity index (χ0) is 13.8. The maximum absolute atomic E-state index is 11.2. The second-order valence-electron chi connectivity index (χ2n) is 4.16. The fourth-order valence-corrected chi connectivity index (χ4v) is 2.01. The molecule has 2 aromatic carbocycles. The van der Waals surface area contributed by atoms with Gasteiger partial charge in [-0.3, -0.25) is 10.1 Å². The van der Waals surface area contributed by atoms with Crippen molar-refractivity contribution in [1.82, 2.24) is 0 Å². The molecule has 4 heteroatoms. The van der Waals surface area contributed by atoms with E-state index in [1.165, 1.54) is 0 Å². The van der Waals surface area contributed by atoms with E-state index < -0.39 is 0 Å². The third kappa shape index (κ3) is 3.29. The molecular formula is C15H12BrNO2. The molecule has 0 aliphatic rings. The molecule has 2 rings (SSSR count). The lowest BCUT2D eigenvalue weighted by Gasteiger charge is -2.02. The first-order valence-corrected chi connectivity index (χ1v) is 6.55. The molecule has 0 N–H and O–H groups in total. The predicted octanol–water partition coefficient (Wildman–Crippen LogP) is 4.53. The first-order valence-electron chi connectivity index (χ1n) is 5.75. The molecule has 0 saturated carbocycles. The Balaban J connectivity index is 2.47. The highest BCUT2D eigenvalue weighted by atomic mass is 79.9. The van der Waals surface area contributed by atoms with Crippen molar-refractivity contribution >= 4 is 27.7 Å². The van der Waals surface area contributed by atoms with Gasteiger partial charge in [0, 0.05) is 10.5 Å². The number of benzene rings is 2. The number of nitrogens with zero attached hydrogens (tertiary/aromatic N) is 1. The molecule has 0 aliphatic heterocycles. The molecule has 0 fully saturated rings. The van der Waals surface area contributed by atoms with Crippen LogP contribution in [0.1, 0.15) is 16.7 Å². The van der Waals surface area contributed by atoms with Gasteiger partial charge in [-0.1, -0.05) is 46.3 Å². The number of hydrogen-bond acceptors (Lipinski definition) is 2. The zero-order valence-electron chi connectivity index (χ0n) is 10.3. The molecule has 0 saturated heterocycles. The van der Waals surface area contributed by atoms with E-state index in [1.54, 1.807) is 30.3 Å². The Morgan fingerprint density at radius 2 is 1.89 bits per heavy atom.